The Morgan fingerprint density at radius 1 is 1.27 bits per heavy atom. The summed E-state index contributed by atoms with van der Waals surface area (Å²) in [5.74, 6) is 0. The highest BCUT2D eigenvalue weighted by Crippen LogP contribution is 2.53. The molecule has 0 fully saturated rings. The average Bonchev–Trinajstić information content (AvgIpc) is 2.45. The topological polar surface area (TPSA) is 24.7 Å². The minimum absolute atomic E-state index is 0.0550. The second-order valence-electron chi connectivity index (χ2n) is 4.74. The van der Waals surface area contributed by atoms with Gasteiger partial charge in [-0.05, 0) is 32.4 Å². The summed E-state index contributed by atoms with van der Waals surface area (Å²) in [5, 5.41) is 0. The van der Waals surface area contributed by atoms with Gasteiger partial charge in [0.1, 0.15) is 0 Å². The summed E-state index contributed by atoms with van der Waals surface area (Å²) in [6.45, 7) is 6.48. The summed E-state index contributed by atoms with van der Waals surface area (Å²) < 4.78 is 0. The molecular formula is C13H14N2. The molecule has 0 amide bonds. The standard InChI is InChI=1S/C13H14N2/c1-9-11-13(3)10(5-4-8-14-11)6-7-12(13,2)15-9/h4-8H,1-3H3. The Balaban J connectivity index is 2.35. The largest absolute Gasteiger partial charge is 0.276 e. The zero-order valence-corrected chi connectivity index (χ0v) is 9.28. The molecule has 3 rings (SSSR count). The molecule has 0 radical (unpaired) electrons. The van der Waals surface area contributed by atoms with Crippen LogP contribution in [0, 0.1) is 5.41 Å². The van der Waals surface area contributed by atoms with Gasteiger partial charge in [0.05, 0.1) is 22.4 Å². The van der Waals surface area contributed by atoms with Crippen molar-refractivity contribution in [3.63, 3.8) is 0 Å². The Kier molecular flexibility index (Phi) is 1.40. The van der Waals surface area contributed by atoms with E-state index in [1.807, 2.05) is 12.3 Å². The van der Waals surface area contributed by atoms with Crippen LogP contribution in [0.5, 0.6) is 0 Å². The number of rotatable bonds is 0. The van der Waals surface area contributed by atoms with Gasteiger partial charge in [-0.2, -0.15) is 0 Å². The summed E-state index contributed by atoms with van der Waals surface area (Å²) in [4.78, 5) is 9.30. The molecule has 0 aromatic heterocycles. The van der Waals surface area contributed by atoms with Crippen molar-refractivity contribution in [2.24, 2.45) is 15.4 Å². The van der Waals surface area contributed by atoms with E-state index in [4.69, 9.17) is 4.99 Å². The number of aliphatic imine (C=N–C) groups is 2. The van der Waals surface area contributed by atoms with Gasteiger partial charge in [0, 0.05) is 6.20 Å². The van der Waals surface area contributed by atoms with Crippen LogP contribution in [0.1, 0.15) is 20.8 Å². The first-order valence-corrected chi connectivity index (χ1v) is 5.30. The summed E-state index contributed by atoms with van der Waals surface area (Å²) >= 11 is 0. The SMILES string of the molecule is CC1=NC2(C)C=CC3=CC=CN=C1C32C. The van der Waals surface area contributed by atoms with Gasteiger partial charge in [0.15, 0.2) is 0 Å². The van der Waals surface area contributed by atoms with Crippen molar-refractivity contribution >= 4 is 11.4 Å². The van der Waals surface area contributed by atoms with Crippen molar-refractivity contribution in [2.75, 3.05) is 0 Å². The third-order valence-electron chi connectivity index (χ3n) is 3.96. The highest BCUT2D eigenvalue weighted by atomic mass is 15.0. The predicted molar refractivity (Wildman–Crippen MR) is 63.4 cm³/mol. The Morgan fingerprint density at radius 3 is 2.87 bits per heavy atom. The molecule has 1 aliphatic carbocycles. The van der Waals surface area contributed by atoms with E-state index in [9.17, 15) is 0 Å². The molecule has 2 nitrogen and oxygen atoms in total. The monoisotopic (exact) mass is 198 g/mol. The maximum atomic E-state index is 4.76. The first-order valence-electron chi connectivity index (χ1n) is 5.30. The Hall–Kier alpha value is -1.44. The zero-order chi connectivity index (χ0) is 10.7. The molecule has 2 unspecified atom stereocenters. The van der Waals surface area contributed by atoms with Gasteiger partial charge >= 0.3 is 0 Å². The van der Waals surface area contributed by atoms with E-state index in [-0.39, 0.29) is 11.0 Å². The zero-order valence-electron chi connectivity index (χ0n) is 9.28. The third kappa shape index (κ3) is 0.811. The molecule has 2 heteroatoms. The van der Waals surface area contributed by atoms with Crippen LogP contribution in [0.25, 0.3) is 0 Å². The lowest BCUT2D eigenvalue weighted by Crippen LogP contribution is -2.40. The fourth-order valence-corrected chi connectivity index (χ4v) is 2.88. The highest BCUT2D eigenvalue weighted by Gasteiger charge is 2.56. The van der Waals surface area contributed by atoms with Crippen LogP contribution >= 0.6 is 0 Å². The lowest BCUT2D eigenvalue weighted by Gasteiger charge is -2.33. The second kappa shape index (κ2) is 2.38. The summed E-state index contributed by atoms with van der Waals surface area (Å²) in [7, 11) is 0. The predicted octanol–water partition coefficient (Wildman–Crippen LogP) is 2.69. The van der Waals surface area contributed by atoms with Crippen LogP contribution in [0.15, 0.2) is 46.1 Å². The second-order valence-corrected chi connectivity index (χ2v) is 4.74. The van der Waals surface area contributed by atoms with Gasteiger partial charge in [-0.25, -0.2) is 0 Å². The number of nitrogens with zero attached hydrogens (tertiary/aromatic N) is 2. The fraction of sp³-hybridized carbons (Fsp3) is 0.385. The van der Waals surface area contributed by atoms with Crippen molar-refractivity contribution in [1.29, 1.82) is 0 Å². The Labute approximate surface area is 89.8 Å². The molecular weight excluding hydrogens is 184 g/mol. The van der Waals surface area contributed by atoms with E-state index in [2.05, 4.69) is 44.0 Å². The van der Waals surface area contributed by atoms with Crippen LogP contribution in [0.2, 0.25) is 0 Å². The van der Waals surface area contributed by atoms with Crippen LogP contribution in [0.4, 0.5) is 0 Å². The fourth-order valence-electron chi connectivity index (χ4n) is 2.88. The van der Waals surface area contributed by atoms with E-state index in [0.29, 0.717) is 0 Å². The van der Waals surface area contributed by atoms with E-state index in [1.54, 1.807) is 0 Å². The molecule has 15 heavy (non-hydrogen) atoms. The van der Waals surface area contributed by atoms with Crippen LogP contribution in [-0.2, 0) is 0 Å². The van der Waals surface area contributed by atoms with Crippen molar-refractivity contribution in [3.05, 3.63) is 36.1 Å². The van der Waals surface area contributed by atoms with Gasteiger partial charge in [-0.1, -0.05) is 18.2 Å². The quantitative estimate of drug-likeness (QED) is 0.571. The maximum absolute atomic E-state index is 4.76. The highest BCUT2D eigenvalue weighted by molar-refractivity contribution is 6.46. The molecule has 0 saturated heterocycles. The normalized spacial score (nSPS) is 40.9. The average molecular weight is 198 g/mol. The maximum Gasteiger partial charge on any atom is 0.0916 e. The van der Waals surface area contributed by atoms with Gasteiger partial charge in [-0.15, -0.1) is 0 Å². The van der Waals surface area contributed by atoms with E-state index < -0.39 is 0 Å². The molecule has 0 spiro atoms. The Morgan fingerprint density at radius 2 is 2.07 bits per heavy atom. The molecule has 2 aliphatic heterocycles. The minimum Gasteiger partial charge on any atom is -0.276 e. The lowest BCUT2D eigenvalue weighted by atomic mass is 9.70. The van der Waals surface area contributed by atoms with Crippen LogP contribution in [0.3, 0.4) is 0 Å². The molecule has 0 bridgehead atoms. The molecule has 0 N–H and O–H groups in total. The smallest absolute Gasteiger partial charge is 0.0916 e. The Bertz CT molecular complexity index is 491. The van der Waals surface area contributed by atoms with Gasteiger partial charge in [0.25, 0.3) is 0 Å². The lowest BCUT2D eigenvalue weighted by molar-refractivity contribution is 0.407. The molecule has 2 heterocycles. The first-order chi connectivity index (χ1) is 7.08. The van der Waals surface area contributed by atoms with Crippen molar-refractivity contribution in [2.45, 2.75) is 26.3 Å². The number of allylic oxidation sites excluding steroid dienone is 3. The summed E-state index contributed by atoms with van der Waals surface area (Å²) in [5.41, 5.74) is 3.32. The van der Waals surface area contributed by atoms with Gasteiger partial charge in [-0.3, -0.25) is 9.98 Å². The summed E-state index contributed by atoms with van der Waals surface area (Å²) in [6.07, 6.45) is 10.4. The third-order valence-corrected chi connectivity index (χ3v) is 3.96. The van der Waals surface area contributed by atoms with Crippen molar-refractivity contribution < 1.29 is 0 Å². The number of hydrogen-bond acceptors (Lipinski definition) is 2. The van der Waals surface area contributed by atoms with Gasteiger partial charge in [0.2, 0.25) is 0 Å². The van der Waals surface area contributed by atoms with Crippen molar-refractivity contribution in [1.82, 2.24) is 0 Å². The molecule has 2 atom stereocenters. The van der Waals surface area contributed by atoms with Crippen LogP contribution in [-0.4, -0.2) is 17.0 Å². The molecule has 0 aromatic rings. The summed E-state index contributed by atoms with van der Waals surface area (Å²) in [6, 6.07) is 0. The first kappa shape index (κ1) is 8.84. The minimum atomic E-state index is -0.131. The van der Waals surface area contributed by atoms with Crippen LogP contribution < -0.4 is 0 Å². The van der Waals surface area contributed by atoms with E-state index in [0.717, 1.165) is 11.4 Å². The molecule has 0 aromatic carbocycles. The number of hydrogen-bond donors (Lipinski definition) is 0. The van der Waals surface area contributed by atoms with E-state index >= 15 is 0 Å². The molecule has 0 saturated carbocycles. The van der Waals surface area contributed by atoms with Gasteiger partial charge < -0.3 is 0 Å². The molecule has 76 valence electrons. The molecule has 3 aliphatic rings. The van der Waals surface area contributed by atoms with E-state index in [1.165, 1.54) is 5.57 Å². The van der Waals surface area contributed by atoms with Crippen molar-refractivity contribution in [3.8, 4) is 0 Å².